The van der Waals surface area contributed by atoms with Crippen molar-refractivity contribution < 1.29 is 19.1 Å². The summed E-state index contributed by atoms with van der Waals surface area (Å²) in [5, 5.41) is 2.97. The van der Waals surface area contributed by atoms with Crippen molar-refractivity contribution in [3.8, 4) is 0 Å². The second kappa shape index (κ2) is 8.54. The molecule has 1 unspecified atom stereocenters. The first kappa shape index (κ1) is 22.3. The van der Waals surface area contributed by atoms with Gasteiger partial charge in [-0.15, -0.1) is 0 Å². The number of fused-ring (bicyclic) bond motifs is 1. The number of hydrogen-bond acceptors (Lipinski definition) is 4. The van der Waals surface area contributed by atoms with E-state index in [-0.39, 0.29) is 6.42 Å². The molecule has 3 aromatic carbocycles. The van der Waals surface area contributed by atoms with Crippen molar-refractivity contribution in [1.82, 2.24) is 5.32 Å². The molecule has 6 nitrogen and oxygen atoms in total. The van der Waals surface area contributed by atoms with Gasteiger partial charge in [0.25, 0.3) is 11.8 Å². The van der Waals surface area contributed by atoms with Crippen LogP contribution >= 0.6 is 0 Å². The fourth-order valence-corrected chi connectivity index (χ4v) is 4.00. The second-order valence-electron chi connectivity index (χ2n) is 9.02. The molecule has 0 saturated carbocycles. The number of nitrogens with one attached hydrogen (secondary N) is 1. The van der Waals surface area contributed by atoms with Gasteiger partial charge in [0.2, 0.25) is 0 Å². The Balaban J connectivity index is 1.87. The summed E-state index contributed by atoms with van der Waals surface area (Å²) in [5.41, 5.74) is -0.0747. The van der Waals surface area contributed by atoms with Gasteiger partial charge in [-0.1, -0.05) is 66.7 Å². The highest BCUT2D eigenvalue weighted by Crippen LogP contribution is 2.39. The van der Waals surface area contributed by atoms with E-state index < -0.39 is 29.0 Å². The standard InChI is InChI=1S/C27H26N2O4/c1-26(2,3)33-25(32)29-22-17-11-10-14-20(22)18-27(24(29)31,21-15-8-5-9-16-21)28-23(30)19-12-6-4-7-13-19/h4-17H,18H2,1-3H3,(H,28,30). The lowest BCUT2D eigenvalue weighted by molar-refractivity contribution is -0.125. The van der Waals surface area contributed by atoms with Crippen LogP contribution in [0, 0.1) is 0 Å². The molecular weight excluding hydrogens is 416 g/mol. The highest BCUT2D eigenvalue weighted by Gasteiger charge is 2.51. The minimum absolute atomic E-state index is 0.198. The van der Waals surface area contributed by atoms with Crippen LogP contribution in [0.5, 0.6) is 0 Å². The van der Waals surface area contributed by atoms with Gasteiger partial charge in [0.15, 0.2) is 0 Å². The van der Waals surface area contributed by atoms with Gasteiger partial charge in [0.1, 0.15) is 11.1 Å². The highest BCUT2D eigenvalue weighted by atomic mass is 16.6. The summed E-state index contributed by atoms with van der Waals surface area (Å²) in [6.45, 7) is 5.23. The summed E-state index contributed by atoms with van der Waals surface area (Å²) < 4.78 is 5.58. The van der Waals surface area contributed by atoms with Crippen LogP contribution in [-0.4, -0.2) is 23.5 Å². The van der Waals surface area contributed by atoms with Crippen molar-refractivity contribution in [3.63, 3.8) is 0 Å². The van der Waals surface area contributed by atoms with Gasteiger partial charge in [-0.2, -0.15) is 0 Å². The first-order valence-electron chi connectivity index (χ1n) is 10.8. The SMILES string of the molecule is CC(C)(C)OC(=O)N1C(=O)C(NC(=O)c2ccccc2)(c2ccccc2)Cc2ccccc21. The molecule has 1 aliphatic rings. The first-order chi connectivity index (χ1) is 15.7. The van der Waals surface area contributed by atoms with E-state index in [1.807, 2.05) is 24.3 Å². The second-order valence-corrected chi connectivity index (χ2v) is 9.02. The molecule has 3 amide bonds. The summed E-state index contributed by atoms with van der Waals surface area (Å²) in [5.74, 6) is -0.970. The van der Waals surface area contributed by atoms with Crippen LogP contribution in [0.1, 0.15) is 42.3 Å². The maximum Gasteiger partial charge on any atom is 0.421 e. The molecule has 6 heteroatoms. The van der Waals surface area contributed by atoms with Gasteiger partial charge in [-0.05, 0) is 50.1 Å². The lowest BCUT2D eigenvalue weighted by atomic mass is 9.78. The molecule has 33 heavy (non-hydrogen) atoms. The van der Waals surface area contributed by atoms with Gasteiger partial charge >= 0.3 is 6.09 Å². The molecule has 0 bridgehead atoms. The molecular formula is C27H26N2O4. The Morgan fingerprint density at radius 1 is 0.879 bits per heavy atom. The van der Waals surface area contributed by atoms with Crippen LogP contribution < -0.4 is 10.2 Å². The lowest BCUT2D eigenvalue weighted by Crippen LogP contribution is -2.62. The van der Waals surface area contributed by atoms with Crippen LogP contribution in [0.15, 0.2) is 84.9 Å². The fraction of sp³-hybridized carbons (Fsp3) is 0.222. The molecule has 1 atom stereocenters. The Bertz CT molecular complexity index is 1190. The Labute approximate surface area is 193 Å². The summed E-state index contributed by atoms with van der Waals surface area (Å²) >= 11 is 0. The zero-order valence-electron chi connectivity index (χ0n) is 18.9. The smallest absolute Gasteiger partial charge is 0.421 e. The topological polar surface area (TPSA) is 75.7 Å². The largest absolute Gasteiger partial charge is 0.443 e. The third-order valence-electron chi connectivity index (χ3n) is 5.46. The predicted octanol–water partition coefficient (Wildman–Crippen LogP) is 4.84. The molecule has 1 aliphatic heterocycles. The molecule has 0 aliphatic carbocycles. The fourth-order valence-electron chi connectivity index (χ4n) is 4.00. The molecule has 168 valence electrons. The van der Waals surface area contributed by atoms with E-state index in [2.05, 4.69) is 5.32 Å². The van der Waals surface area contributed by atoms with Crippen LogP contribution in [0.25, 0.3) is 0 Å². The summed E-state index contributed by atoms with van der Waals surface area (Å²) in [6, 6.07) is 24.9. The molecule has 0 fully saturated rings. The summed E-state index contributed by atoms with van der Waals surface area (Å²) in [4.78, 5) is 41.6. The van der Waals surface area contributed by atoms with E-state index in [4.69, 9.17) is 4.74 Å². The molecule has 1 heterocycles. The van der Waals surface area contributed by atoms with Crippen molar-refractivity contribution in [3.05, 3.63) is 102 Å². The first-order valence-corrected chi connectivity index (χ1v) is 10.8. The average molecular weight is 443 g/mol. The molecule has 3 aromatic rings. The van der Waals surface area contributed by atoms with E-state index in [0.717, 1.165) is 10.5 Å². The zero-order chi connectivity index (χ0) is 23.6. The van der Waals surface area contributed by atoms with E-state index >= 15 is 0 Å². The lowest BCUT2D eigenvalue weighted by Gasteiger charge is -2.42. The number of anilines is 1. The van der Waals surface area contributed by atoms with Gasteiger partial charge in [-0.25, -0.2) is 9.69 Å². The van der Waals surface area contributed by atoms with Gasteiger partial charge in [0, 0.05) is 12.0 Å². The summed E-state index contributed by atoms with van der Waals surface area (Å²) in [7, 11) is 0. The van der Waals surface area contributed by atoms with Crippen LogP contribution in [0.2, 0.25) is 0 Å². The van der Waals surface area contributed by atoms with Crippen LogP contribution in [0.3, 0.4) is 0 Å². The van der Waals surface area contributed by atoms with E-state index in [1.165, 1.54) is 0 Å². The molecule has 4 rings (SSSR count). The summed E-state index contributed by atoms with van der Waals surface area (Å²) in [6.07, 6.45) is -0.585. The Morgan fingerprint density at radius 2 is 1.45 bits per heavy atom. The number of benzene rings is 3. The Kier molecular flexibility index (Phi) is 5.77. The number of nitrogens with zero attached hydrogens (tertiary/aromatic N) is 1. The highest BCUT2D eigenvalue weighted by molar-refractivity contribution is 6.19. The van der Waals surface area contributed by atoms with Gasteiger partial charge in [-0.3, -0.25) is 9.59 Å². The number of rotatable bonds is 3. The Morgan fingerprint density at radius 3 is 2.09 bits per heavy atom. The van der Waals surface area contributed by atoms with Crippen molar-refractivity contribution in [2.75, 3.05) is 4.90 Å². The Hall–Kier alpha value is -3.93. The minimum Gasteiger partial charge on any atom is -0.443 e. The third-order valence-corrected chi connectivity index (χ3v) is 5.46. The van der Waals surface area contributed by atoms with E-state index in [9.17, 15) is 14.4 Å². The monoisotopic (exact) mass is 442 g/mol. The number of ether oxygens (including phenoxy) is 1. The average Bonchev–Trinajstić information content (AvgIpc) is 2.79. The minimum atomic E-state index is -1.49. The maximum absolute atomic E-state index is 14.1. The van der Waals surface area contributed by atoms with Crippen molar-refractivity contribution in [2.45, 2.75) is 38.3 Å². The number of carbonyl (C=O) groups is 3. The van der Waals surface area contributed by atoms with Gasteiger partial charge < -0.3 is 10.1 Å². The number of para-hydroxylation sites is 1. The molecule has 0 aromatic heterocycles. The molecule has 0 spiro atoms. The van der Waals surface area contributed by atoms with Crippen molar-refractivity contribution >= 4 is 23.6 Å². The molecule has 1 N–H and O–H groups in total. The van der Waals surface area contributed by atoms with Crippen LogP contribution in [0.4, 0.5) is 10.5 Å². The van der Waals surface area contributed by atoms with E-state index in [0.29, 0.717) is 16.8 Å². The quantitative estimate of drug-likeness (QED) is 0.630. The molecule has 0 saturated heterocycles. The number of amides is 3. The van der Waals surface area contributed by atoms with Crippen LogP contribution in [-0.2, 0) is 21.5 Å². The van der Waals surface area contributed by atoms with Crippen molar-refractivity contribution in [2.24, 2.45) is 0 Å². The normalized spacial score (nSPS) is 17.8. The van der Waals surface area contributed by atoms with Gasteiger partial charge in [0.05, 0.1) is 5.69 Å². The number of hydrogen-bond donors (Lipinski definition) is 1. The molecule has 0 radical (unpaired) electrons. The van der Waals surface area contributed by atoms with E-state index in [1.54, 1.807) is 81.4 Å². The maximum atomic E-state index is 14.1. The predicted molar refractivity (Wildman–Crippen MR) is 126 cm³/mol. The van der Waals surface area contributed by atoms with Crippen molar-refractivity contribution in [1.29, 1.82) is 0 Å². The number of imide groups is 1. The third kappa shape index (κ3) is 4.37. The zero-order valence-corrected chi connectivity index (χ0v) is 18.9. The number of carbonyl (C=O) groups excluding carboxylic acids is 3.